The molecule has 3 aromatic rings. The van der Waals surface area contributed by atoms with Crippen LogP contribution in [0.4, 0.5) is 5.69 Å². The number of ether oxygens (including phenoxy) is 2. The zero-order chi connectivity index (χ0) is 26.8. The molecule has 1 amide bonds. The molecule has 0 aliphatic carbocycles. The molecule has 0 aliphatic rings. The number of thioether (sulfide) groups is 1. The van der Waals surface area contributed by atoms with E-state index in [1.165, 1.54) is 37.2 Å². The second-order valence-electron chi connectivity index (χ2n) is 7.93. The number of methoxy groups -OCH3 is 1. The molecular weight excluding hydrogens is 494 g/mol. The molecule has 0 saturated carbocycles. The number of hydrogen-bond acceptors (Lipinski definition) is 9. The molecule has 0 saturated heterocycles. The minimum atomic E-state index is -0.448. The molecule has 37 heavy (non-hydrogen) atoms. The summed E-state index contributed by atoms with van der Waals surface area (Å²) in [7, 11) is 1.53. The Labute approximate surface area is 219 Å². The van der Waals surface area contributed by atoms with Crippen molar-refractivity contribution in [2.45, 2.75) is 32.0 Å². The van der Waals surface area contributed by atoms with Crippen molar-refractivity contribution in [2.75, 3.05) is 12.9 Å². The number of benzene rings is 2. The van der Waals surface area contributed by atoms with E-state index in [9.17, 15) is 14.9 Å². The molecule has 3 rings (SSSR count). The van der Waals surface area contributed by atoms with Gasteiger partial charge in [-0.15, -0.1) is 6.58 Å². The second kappa shape index (κ2) is 13.2. The Morgan fingerprint density at radius 2 is 1.89 bits per heavy atom. The molecule has 1 aromatic heterocycles. The summed E-state index contributed by atoms with van der Waals surface area (Å²) in [6, 6.07) is 11.6. The summed E-state index contributed by atoms with van der Waals surface area (Å²) in [6.07, 6.45) is 3.76. The van der Waals surface area contributed by atoms with Crippen molar-refractivity contribution in [3.63, 3.8) is 0 Å². The van der Waals surface area contributed by atoms with Crippen molar-refractivity contribution >= 4 is 29.6 Å². The normalized spacial score (nSPS) is 10.8. The minimum absolute atomic E-state index is 0.0154. The molecule has 0 radical (unpaired) electrons. The van der Waals surface area contributed by atoms with E-state index in [4.69, 9.17) is 9.47 Å². The largest absolute Gasteiger partial charge is 0.493 e. The lowest BCUT2D eigenvalue weighted by molar-refractivity contribution is -0.384. The third-order valence-corrected chi connectivity index (χ3v) is 5.81. The van der Waals surface area contributed by atoms with Gasteiger partial charge in [0, 0.05) is 29.1 Å². The van der Waals surface area contributed by atoms with Crippen molar-refractivity contribution in [2.24, 2.45) is 5.10 Å². The number of rotatable bonds is 12. The first-order valence-electron chi connectivity index (χ1n) is 11.2. The van der Waals surface area contributed by atoms with E-state index in [1.807, 2.05) is 26.0 Å². The molecule has 0 unspecified atom stereocenters. The first-order chi connectivity index (χ1) is 17.8. The van der Waals surface area contributed by atoms with Gasteiger partial charge in [-0.3, -0.25) is 14.9 Å². The summed E-state index contributed by atoms with van der Waals surface area (Å²) in [4.78, 5) is 31.2. The van der Waals surface area contributed by atoms with Crippen LogP contribution in [0.15, 0.2) is 65.4 Å². The highest BCUT2D eigenvalue weighted by Crippen LogP contribution is 2.34. The van der Waals surface area contributed by atoms with Crippen LogP contribution in [0.5, 0.6) is 11.5 Å². The Kier molecular flexibility index (Phi) is 9.73. The number of nitrogens with one attached hydrogen (secondary N) is 1. The van der Waals surface area contributed by atoms with Gasteiger partial charge >= 0.3 is 0 Å². The maximum Gasteiger partial charge on any atom is 0.269 e. The van der Waals surface area contributed by atoms with Crippen LogP contribution in [0.2, 0.25) is 0 Å². The number of nitro groups is 1. The Bertz CT molecular complexity index is 1290. The first kappa shape index (κ1) is 27.3. The smallest absolute Gasteiger partial charge is 0.269 e. The fourth-order valence-corrected chi connectivity index (χ4v) is 4.09. The molecule has 0 aliphatic heterocycles. The van der Waals surface area contributed by atoms with Crippen LogP contribution >= 0.6 is 11.8 Å². The second-order valence-corrected chi connectivity index (χ2v) is 8.87. The Morgan fingerprint density at radius 1 is 1.19 bits per heavy atom. The van der Waals surface area contributed by atoms with Gasteiger partial charge in [0.1, 0.15) is 6.61 Å². The lowest BCUT2D eigenvalue weighted by atomic mass is 10.1. The van der Waals surface area contributed by atoms with Crippen molar-refractivity contribution in [3.8, 4) is 11.5 Å². The van der Waals surface area contributed by atoms with Gasteiger partial charge in [-0.2, -0.15) is 5.10 Å². The van der Waals surface area contributed by atoms with Crippen molar-refractivity contribution < 1.29 is 19.2 Å². The molecule has 2 aromatic carbocycles. The fourth-order valence-electron chi connectivity index (χ4n) is 3.35. The molecule has 0 fully saturated rings. The molecule has 1 heterocycles. The number of allylic oxidation sites excluding steroid dienone is 1. The van der Waals surface area contributed by atoms with Gasteiger partial charge in [-0.05, 0) is 61.7 Å². The zero-order valence-electron chi connectivity index (χ0n) is 20.8. The summed E-state index contributed by atoms with van der Waals surface area (Å²) < 4.78 is 11.5. The Balaban J connectivity index is 1.66. The maximum atomic E-state index is 12.2. The molecule has 0 spiro atoms. The molecule has 0 atom stereocenters. The first-order valence-corrected chi connectivity index (χ1v) is 12.2. The predicted octanol–water partition coefficient (Wildman–Crippen LogP) is 4.56. The molecule has 192 valence electrons. The average molecular weight is 522 g/mol. The van der Waals surface area contributed by atoms with Gasteiger partial charge in [0.15, 0.2) is 16.7 Å². The van der Waals surface area contributed by atoms with Gasteiger partial charge in [-0.1, -0.05) is 17.8 Å². The van der Waals surface area contributed by atoms with Gasteiger partial charge in [-0.25, -0.2) is 15.4 Å². The van der Waals surface area contributed by atoms with E-state index in [0.717, 1.165) is 22.5 Å². The van der Waals surface area contributed by atoms with Crippen LogP contribution in [0, 0.1) is 24.0 Å². The Morgan fingerprint density at radius 3 is 2.51 bits per heavy atom. The zero-order valence-corrected chi connectivity index (χ0v) is 21.6. The monoisotopic (exact) mass is 521 g/mol. The fraction of sp³-hybridized carbons (Fsp3) is 0.231. The van der Waals surface area contributed by atoms with Crippen molar-refractivity contribution in [3.05, 3.63) is 93.3 Å². The summed E-state index contributed by atoms with van der Waals surface area (Å²) in [6.45, 7) is 7.76. The third-order valence-electron chi connectivity index (χ3n) is 4.97. The predicted molar refractivity (Wildman–Crippen MR) is 142 cm³/mol. The van der Waals surface area contributed by atoms with Crippen LogP contribution in [0.25, 0.3) is 0 Å². The summed E-state index contributed by atoms with van der Waals surface area (Å²) >= 11 is 1.24. The number of carbonyl (C=O) groups is 1. The number of carbonyl (C=O) groups excluding carboxylic acids is 1. The van der Waals surface area contributed by atoms with E-state index in [0.29, 0.717) is 28.6 Å². The van der Waals surface area contributed by atoms with Crippen LogP contribution < -0.4 is 14.9 Å². The lowest BCUT2D eigenvalue weighted by Gasteiger charge is -2.16. The topological polar surface area (TPSA) is 129 Å². The van der Waals surface area contributed by atoms with Gasteiger partial charge < -0.3 is 9.47 Å². The van der Waals surface area contributed by atoms with Crippen molar-refractivity contribution in [1.29, 1.82) is 0 Å². The highest BCUT2D eigenvalue weighted by molar-refractivity contribution is 7.99. The van der Waals surface area contributed by atoms with E-state index < -0.39 is 4.92 Å². The molecule has 1 N–H and O–H groups in total. The van der Waals surface area contributed by atoms with E-state index in [2.05, 4.69) is 27.1 Å². The van der Waals surface area contributed by atoms with Crippen LogP contribution in [0.3, 0.4) is 0 Å². The van der Waals surface area contributed by atoms with E-state index in [1.54, 1.807) is 24.3 Å². The number of hydrogen-bond donors (Lipinski definition) is 1. The minimum Gasteiger partial charge on any atom is -0.493 e. The van der Waals surface area contributed by atoms with Crippen LogP contribution in [0.1, 0.15) is 28.1 Å². The third kappa shape index (κ3) is 8.14. The molecule has 11 heteroatoms. The SMILES string of the molecule is C=CCc1cc(/C=N\NC(=O)CSc2nc(C)cc(C)n2)cc(OC)c1OCc1ccc([N+](=O)[O-])cc1. The highest BCUT2D eigenvalue weighted by atomic mass is 32.2. The quantitative estimate of drug-likeness (QED) is 0.0917. The molecular formula is C26H27N5O5S. The summed E-state index contributed by atoms with van der Waals surface area (Å²) in [5, 5.41) is 15.5. The lowest BCUT2D eigenvalue weighted by Crippen LogP contribution is -2.19. The number of hydrazone groups is 1. The van der Waals surface area contributed by atoms with E-state index in [-0.39, 0.29) is 24.0 Å². The van der Waals surface area contributed by atoms with Crippen LogP contribution in [-0.4, -0.2) is 39.9 Å². The Hall–Kier alpha value is -4.25. The van der Waals surface area contributed by atoms with Crippen molar-refractivity contribution in [1.82, 2.24) is 15.4 Å². The van der Waals surface area contributed by atoms with Gasteiger partial charge in [0.2, 0.25) is 0 Å². The summed E-state index contributed by atoms with van der Waals surface area (Å²) in [5.41, 5.74) is 6.49. The molecule has 10 nitrogen and oxygen atoms in total. The van der Waals surface area contributed by atoms with Crippen LogP contribution in [-0.2, 0) is 17.8 Å². The van der Waals surface area contributed by atoms with Gasteiger partial charge in [0.05, 0.1) is 24.0 Å². The standard InChI is InChI=1S/C26H27N5O5S/c1-5-6-21-12-20(14-27-30-24(32)16-37-26-28-17(2)11-18(3)29-26)13-23(35-4)25(21)36-15-19-7-9-22(10-8-19)31(33)34/h5,7-14H,1,6,15-16H2,2-4H3,(H,30,32)/b27-14-. The summed E-state index contributed by atoms with van der Waals surface area (Å²) in [5.74, 6) is 0.856. The van der Waals surface area contributed by atoms with E-state index >= 15 is 0 Å². The number of aryl methyl sites for hydroxylation is 2. The number of amides is 1. The number of nitrogens with zero attached hydrogens (tertiary/aromatic N) is 4. The average Bonchev–Trinajstić information content (AvgIpc) is 2.86. The highest BCUT2D eigenvalue weighted by Gasteiger charge is 2.13. The molecule has 0 bridgehead atoms. The van der Waals surface area contributed by atoms with Gasteiger partial charge in [0.25, 0.3) is 11.6 Å². The maximum absolute atomic E-state index is 12.2. The number of non-ortho nitro benzene ring substituents is 1. The number of aromatic nitrogens is 2. The number of nitro benzene ring substituents is 1.